The maximum atomic E-state index is 12.1. The van der Waals surface area contributed by atoms with E-state index in [-0.39, 0.29) is 5.76 Å². The number of anilines is 1. The number of carbonyl (C=O) groups excluding carboxylic acids is 2. The number of aromatic nitrogens is 2. The average Bonchev–Trinajstić information content (AvgIpc) is 3.19. The van der Waals surface area contributed by atoms with E-state index in [1.165, 1.54) is 6.07 Å². The number of hydrogen-bond acceptors (Lipinski definition) is 5. The van der Waals surface area contributed by atoms with Gasteiger partial charge >= 0.3 is 5.97 Å². The maximum absolute atomic E-state index is 12.1. The topological polar surface area (TPSA) is 86.4 Å². The van der Waals surface area contributed by atoms with Gasteiger partial charge in [-0.3, -0.25) is 4.79 Å². The minimum absolute atomic E-state index is 0.0184. The highest BCUT2D eigenvalue weighted by atomic mass is 79.9. The summed E-state index contributed by atoms with van der Waals surface area (Å²) in [5, 5.41) is 7.04. The average molecular weight is 404 g/mol. The number of nitrogens with zero attached hydrogens (tertiary/aromatic N) is 2. The van der Waals surface area contributed by atoms with Crippen molar-refractivity contribution in [2.75, 3.05) is 11.9 Å². The van der Waals surface area contributed by atoms with Gasteiger partial charge in [0.15, 0.2) is 11.3 Å². The van der Waals surface area contributed by atoms with Crippen LogP contribution >= 0.6 is 15.9 Å². The number of ether oxygens (including phenoxy) is 1. The summed E-state index contributed by atoms with van der Waals surface area (Å²) in [5.41, 5.74) is 1.56. The van der Waals surface area contributed by atoms with E-state index in [9.17, 15) is 9.59 Å². The molecule has 0 bridgehead atoms. The van der Waals surface area contributed by atoms with Gasteiger partial charge in [-0.1, -0.05) is 18.2 Å². The first-order valence-corrected chi connectivity index (χ1v) is 8.16. The molecule has 0 saturated carbocycles. The van der Waals surface area contributed by atoms with E-state index in [2.05, 4.69) is 26.3 Å². The fourth-order valence-corrected chi connectivity index (χ4v) is 2.47. The van der Waals surface area contributed by atoms with Gasteiger partial charge in [0, 0.05) is 6.07 Å². The molecule has 0 atom stereocenters. The first kappa shape index (κ1) is 17.0. The van der Waals surface area contributed by atoms with Crippen molar-refractivity contribution >= 4 is 33.6 Å². The summed E-state index contributed by atoms with van der Waals surface area (Å²) >= 11 is 3.09. The number of rotatable bonds is 5. The van der Waals surface area contributed by atoms with Crippen LogP contribution in [0.2, 0.25) is 0 Å². The van der Waals surface area contributed by atoms with Gasteiger partial charge in [-0.2, -0.15) is 5.10 Å². The number of benzene rings is 1. The summed E-state index contributed by atoms with van der Waals surface area (Å²) in [6, 6.07) is 14.1. The minimum atomic E-state index is -0.714. The summed E-state index contributed by atoms with van der Waals surface area (Å²) in [4.78, 5) is 23.8. The monoisotopic (exact) mass is 403 g/mol. The van der Waals surface area contributed by atoms with Crippen molar-refractivity contribution in [1.29, 1.82) is 0 Å². The van der Waals surface area contributed by atoms with Crippen molar-refractivity contribution in [3.63, 3.8) is 0 Å². The third kappa shape index (κ3) is 4.16. The second-order valence-corrected chi connectivity index (χ2v) is 5.93. The van der Waals surface area contributed by atoms with E-state index in [1.54, 1.807) is 16.8 Å². The Balaban J connectivity index is 1.65. The van der Waals surface area contributed by atoms with Gasteiger partial charge < -0.3 is 14.5 Å². The van der Waals surface area contributed by atoms with E-state index in [0.29, 0.717) is 10.5 Å². The lowest BCUT2D eigenvalue weighted by atomic mass is 10.3. The second-order valence-electron chi connectivity index (χ2n) is 5.15. The maximum Gasteiger partial charge on any atom is 0.374 e. The second kappa shape index (κ2) is 7.35. The van der Waals surface area contributed by atoms with Gasteiger partial charge in [-0.15, -0.1) is 0 Å². The summed E-state index contributed by atoms with van der Waals surface area (Å²) in [6.45, 7) is 1.39. The predicted octanol–water partition coefficient (Wildman–Crippen LogP) is 3.33. The van der Waals surface area contributed by atoms with Crippen molar-refractivity contribution in [2.45, 2.75) is 6.92 Å². The standard InChI is InChI=1S/C17H14BrN3O4/c1-11-9-15(21(20-11)12-5-3-2-4-6-12)19-16(22)10-24-17(23)13-7-8-14(18)25-13/h2-9H,10H2,1H3,(H,19,22). The zero-order valence-corrected chi connectivity index (χ0v) is 14.8. The molecule has 0 radical (unpaired) electrons. The van der Waals surface area contributed by atoms with Crippen LogP contribution in [-0.4, -0.2) is 28.3 Å². The van der Waals surface area contributed by atoms with Crippen LogP contribution in [0.25, 0.3) is 5.69 Å². The predicted molar refractivity (Wildman–Crippen MR) is 93.6 cm³/mol. The summed E-state index contributed by atoms with van der Waals surface area (Å²) in [7, 11) is 0. The molecule has 1 N–H and O–H groups in total. The van der Waals surface area contributed by atoms with Gasteiger partial charge in [0.25, 0.3) is 5.91 Å². The van der Waals surface area contributed by atoms with E-state index >= 15 is 0 Å². The highest BCUT2D eigenvalue weighted by molar-refractivity contribution is 9.10. The molecule has 7 nitrogen and oxygen atoms in total. The Morgan fingerprint density at radius 2 is 2.00 bits per heavy atom. The molecule has 0 unspecified atom stereocenters. The Hall–Kier alpha value is -2.87. The number of halogens is 1. The molecule has 0 fully saturated rings. The lowest BCUT2D eigenvalue weighted by molar-refractivity contribution is -0.119. The molecule has 0 aliphatic rings. The number of amides is 1. The molecular formula is C17H14BrN3O4. The third-order valence-corrected chi connectivity index (χ3v) is 3.63. The molecule has 128 valence electrons. The van der Waals surface area contributed by atoms with Crippen molar-refractivity contribution in [3.8, 4) is 5.69 Å². The quantitative estimate of drug-likeness (QED) is 0.660. The molecule has 0 saturated heterocycles. The number of furan rings is 1. The molecule has 1 aromatic carbocycles. The normalized spacial score (nSPS) is 10.5. The summed E-state index contributed by atoms with van der Waals surface area (Å²) in [6.07, 6.45) is 0. The smallest absolute Gasteiger partial charge is 0.374 e. The van der Waals surface area contributed by atoms with E-state index in [4.69, 9.17) is 9.15 Å². The van der Waals surface area contributed by atoms with Gasteiger partial charge in [0.2, 0.25) is 5.76 Å². The fraction of sp³-hybridized carbons (Fsp3) is 0.118. The Bertz CT molecular complexity index is 902. The number of carbonyl (C=O) groups is 2. The molecule has 1 amide bonds. The van der Waals surface area contributed by atoms with Crippen LogP contribution in [0.3, 0.4) is 0 Å². The van der Waals surface area contributed by atoms with Crippen LogP contribution in [-0.2, 0) is 9.53 Å². The van der Waals surface area contributed by atoms with Gasteiger partial charge in [-0.05, 0) is 47.1 Å². The van der Waals surface area contributed by atoms with E-state index in [1.807, 2.05) is 37.3 Å². The number of hydrogen-bond donors (Lipinski definition) is 1. The molecule has 0 aliphatic heterocycles. The molecular weight excluding hydrogens is 390 g/mol. The highest BCUT2D eigenvalue weighted by Crippen LogP contribution is 2.17. The summed E-state index contributed by atoms with van der Waals surface area (Å²) < 4.78 is 12.0. The first-order chi connectivity index (χ1) is 12.0. The number of aryl methyl sites for hydroxylation is 1. The highest BCUT2D eigenvalue weighted by Gasteiger charge is 2.16. The Kier molecular flexibility index (Phi) is 4.99. The van der Waals surface area contributed by atoms with Crippen LogP contribution < -0.4 is 5.32 Å². The van der Waals surface area contributed by atoms with Gasteiger partial charge in [-0.25, -0.2) is 9.48 Å². The third-order valence-electron chi connectivity index (χ3n) is 3.21. The lowest BCUT2D eigenvalue weighted by Crippen LogP contribution is -2.22. The first-order valence-electron chi connectivity index (χ1n) is 7.37. The lowest BCUT2D eigenvalue weighted by Gasteiger charge is -2.09. The van der Waals surface area contributed by atoms with Gasteiger partial charge in [0.05, 0.1) is 11.4 Å². The molecule has 0 spiro atoms. The summed E-state index contributed by atoms with van der Waals surface area (Å²) in [5.74, 6) is -0.681. The van der Waals surface area contributed by atoms with Crippen LogP contribution in [0.15, 0.2) is 57.6 Å². The molecule has 3 rings (SSSR count). The molecule has 25 heavy (non-hydrogen) atoms. The van der Waals surface area contributed by atoms with Crippen LogP contribution in [0.5, 0.6) is 0 Å². The largest absolute Gasteiger partial charge is 0.450 e. The molecule has 3 aromatic rings. The van der Waals surface area contributed by atoms with Crippen LogP contribution in [0, 0.1) is 6.92 Å². The van der Waals surface area contributed by atoms with Crippen LogP contribution in [0.4, 0.5) is 5.82 Å². The number of esters is 1. The van der Waals surface area contributed by atoms with Crippen molar-refractivity contribution in [1.82, 2.24) is 9.78 Å². The van der Waals surface area contributed by atoms with E-state index in [0.717, 1.165) is 11.4 Å². The SMILES string of the molecule is Cc1cc(NC(=O)COC(=O)c2ccc(Br)o2)n(-c2ccccc2)n1. The van der Waals surface area contributed by atoms with Crippen LogP contribution in [0.1, 0.15) is 16.2 Å². The Labute approximate surface area is 151 Å². The van der Waals surface area contributed by atoms with Crippen molar-refractivity contribution in [3.05, 3.63) is 64.7 Å². The number of nitrogens with one attached hydrogen (secondary N) is 1. The number of para-hydroxylation sites is 1. The van der Waals surface area contributed by atoms with E-state index < -0.39 is 18.5 Å². The fourth-order valence-electron chi connectivity index (χ4n) is 2.16. The zero-order chi connectivity index (χ0) is 17.8. The molecule has 8 heteroatoms. The Morgan fingerprint density at radius 3 is 2.68 bits per heavy atom. The molecule has 2 heterocycles. The molecule has 0 aliphatic carbocycles. The van der Waals surface area contributed by atoms with Gasteiger partial charge in [0.1, 0.15) is 5.82 Å². The van der Waals surface area contributed by atoms with Crippen molar-refractivity contribution < 1.29 is 18.7 Å². The van der Waals surface area contributed by atoms with Crippen molar-refractivity contribution in [2.24, 2.45) is 0 Å². The minimum Gasteiger partial charge on any atom is -0.450 e. The Morgan fingerprint density at radius 1 is 1.24 bits per heavy atom. The zero-order valence-electron chi connectivity index (χ0n) is 13.2. The molecule has 2 aromatic heterocycles.